The molecule has 0 atom stereocenters. The van der Waals surface area contributed by atoms with Crippen molar-refractivity contribution in [2.75, 3.05) is 0 Å². The molecule has 0 N–H and O–H groups in total. The highest BCUT2D eigenvalue weighted by Crippen LogP contribution is 2.57. The number of aryl methyl sites for hydroxylation is 2. The van der Waals surface area contributed by atoms with Gasteiger partial charge < -0.3 is 0 Å². The lowest BCUT2D eigenvalue weighted by Gasteiger charge is -2.17. The summed E-state index contributed by atoms with van der Waals surface area (Å²) in [6, 6.07) is 64.2. The monoisotopic (exact) mass is 770 g/mol. The molecule has 0 spiro atoms. The largest absolute Gasteiger partial charge is 0.141 e. The van der Waals surface area contributed by atoms with E-state index in [2.05, 4.69) is 184 Å². The molecule has 58 heavy (non-hydrogen) atoms. The minimum Gasteiger partial charge on any atom is -0.141 e. The fraction of sp³-hybridized carbons (Fsp3) is 0.0357. The van der Waals surface area contributed by atoms with Gasteiger partial charge in [-0.25, -0.2) is 0 Å². The van der Waals surface area contributed by atoms with E-state index in [-0.39, 0.29) is 0 Å². The maximum atomic E-state index is 2.57. The van der Waals surface area contributed by atoms with Crippen LogP contribution >= 0.6 is 22.7 Å². The molecule has 13 aromatic rings. The molecule has 0 aliphatic heterocycles. The Kier molecular flexibility index (Phi) is 6.71. The molecule has 2 heteroatoms. The van der Waals surface area contributed by atoms with Crippen LogP contribution in [0.3, 0.4) is 0 Å². The number of hydrogen-bond donors (Lipinski definition) is 0. The number of rotatable bonds is 4. The Morgan fingerprint density at radius 1 is 0.293 bits per heavy atom. The van der Waals surface area contributed by atoms with Crippen molar-refractivity contribution in [2.24, 2.45) is 0 Å². The zero-order chi connectivity index (χ0) is 38.2. The van der Waals surface area contributed by atoms with Crippen LogP contribution in [0.1, 0.15) is 9.75 Å². The van der Waals surface area contributed by atoms with Crippen molar-refractivity contribution < 1.29 is 0 Å². The van der Waals surface area contributed by atoms with Gasteiger partial charge in [0, 0.05) is 41.4 Å². The third kappa shape index (κ3) is 4.39. The summed E-state index contributed by atoms with van der Waals surface area (Å²) in [7, 11) is 0. The topological polar surface area (TPSA) is 0 Å². The molecule has 0 bridgehead atoms. The van der Waals surface area contributed by atoms with Gasteiger partial charge in [-0.05, 0) is 154 Å². The van der Waals surface area contributed by atoms with E-state index < -0.39 is 0 Å². The van der Waals surface area contributed by atoms with E-state index in [1.54, 1.807) is 0 Å². The highest BCUT2D eigenvalue weighted by Gasteiger charge is 2.28. The quantitative estimate of drug-likeness (QED) is 0.156. The van der Waals surface area contributed by atoms with Crippen LogP contribution in [0.2, 0.25) is 0 Å². The van der Waals surface area contributed by atoms with E-state index in [4.69, 9.17) is 0 Å². The Balaban J connectivity index is 1.31. The Morgan fingerprint density at radius 2 is 0.931 bits per heavy atom. The summed E-state index contributed by atoms with van der Waals surface area (Å²) in [5.74, 6) is 0. The van der Waals surface area contributed by atoms with Gasteiger partial charge in [-0.3, -0.25) is 0 Å². The lowest BCUT2D eigenvalue weighted by atomic mass is 9.87. The predicted octanol–water partition coefficient (Wildman–Crippen LogP) is 17.2. The van der Waals surface area contributed by atoms with Gasteiger partial charge in [0.25, 0.3) is 0 Å². The van der Waals surface area contributed by atoms with Gasteiger partial charge in [0.05, 0.1) is 0 Å². The Bertz CT molecular complexity index is 3790. The van der Waals surface area contributed by atoms with E-state index in [1.807, 2.05) is 22.7 Å². The fourth-order valence-electron chi connectivity index (χ4n) is 10.4. The summed E-state index contributed by atoms with van der Waals surface area (Å²) >= 11 is 3.84. The van der Waals surface area contributed by atoms with Crippen LogP contribution < -0.4 is 0 Å². The third-order valence-corrected chi connectivity index (χ3v) is 14.8. The molecule has 2 aromatic heterocycles. The minimum absolute atomic E-state index is 1.25. The molecule has 0 radical (unpaired) electrons. The van der Waals surface area contributed by atoms with E-state index >= 15 is 0 Å². The summed E-state index contributed by atoms with van der Waals surface area (Å²) in [4.78, 5) is 5.30. The van der Waals surface area contributed by atoms with Crippen molar-refractivity contribution in [1.82, 2.24) is 0 Å². The summed E-state index contributed by atoms with van der Waals surface area (Å²) in [5, 5.41) is 21.4. The first kappa shape index (κ1) is 32.5. The fourth-order valence-corrected chi connectivity index (χ4v) is 12.3. The van der Waals surface area contributed by atoms with Gasteiger partial charge in [0.2, 0.25) is 0 Å². The summed E-state index contributed by atoms with van der Waals surface area (Å²) in [5.41, 5.74) is 7.75. The zero-order valence-corrected chi connectivity index (χ0v) is 33.6. The molecule has 0 saturated carbocycles. The molecule has 13 rings (SSSR count). The summed E-state index contributed by atoms with van der Waals surface area (Å²) in [6.07, 6.45) is 0. The molecule has 270 valence electrons. The van der Waals surface area contributed by atoms with Gasteiger partial charge in [-0.1, -0.05) is 127 Å². The minimum atomic E-state index is 1.25. The van der Waals surface area contributed by atoms with Gasteiger partial charge in [0.15, 0.2) is 0 Å². The second kappa shape index (κ2) is 12.0. The first-order valence-corrected chi connectivity index (χ1v) is 21.7. The van der Waals surface area contributed by atoms with Crippen molar-refractivity contribution in [3.05, 3.63) is 180 Å². The van der Waals surface area contributed by atoms with E-state index in [9.17, 15) is 0 Å². The van der Waals surface area contributed by atoms with Crippen LogP contribution in [0.15, 0.2) is 170 Å². The number of thiophene rings is 2. The van der Waals surface area contributed by atoms with E-state index in [1.165, 1.54) is 139 Å². The van der Waals surface area contributed by atoms with Crippen LogP contribution in [-0.4, -0.2) is 0 Å². The van der Waals surface area contributed by atoms with Crippen molar-refractivity contribution in [3.8, 4) is 43.1 Å². The van der Waals surface area contributed by atoms with Gasteiger partial charge in [0.1, 0.15) is 0 Å². The average molecular weight is 771 g/mol. The van der Waals surface area contributed by atoms with Crippen LogP contribution in [0.25, 0.3) is 129 Å². The molecule has 0 unspecified atom stereocenters. The van der Waals surface area contributed by atoms with Crippen LogP contribution in [-0.2, 0) is 0 Å². The number of fused-ring (bicyclic) bond motifs is 10. The SMILES string of the molecule is Cc1ccc(-c2c3cc4c5ccc(-c6ccccc6)cc5c5cccc(c3c(-c3ccc(C)s3)c3c6cc7ccccc7c7c(-c8ccccc8)ccc(c23)c67)c54)s1. The standard InChI is InChI=1S/C56H34S2/c1-31-20-26-47(57-31)53-46-30-44-39-23-22-35(33-12-5-3-6-13-33)28-43(39)40-18-11-19-41(49(40)44)52(46)56(48-27-21-32(2)58-48)55-45-29-36-16-9-10-17-37(36)50-38(34-14-7-4-8-15-34)24-25-42(51(45)50)54(53)55/h3-30H,1-2H3. The molecule has 11 aromatic carbocycles. The second-order valence-corrected chi connectivity index (χ2v) is 18.5. The lowest BCUT2D eigenvalue weighted by molar-refractivity contribution is 1.64. The van der Waals surface area contributed by atoms with Crippen LogP contribution in [0.4, 0.5) is 0 Å². The first-order valence-electron chi connectivity index (χ1n) is 20.1. The zero-order valence-electron chi connectivity index (χ0n) is 32.0. The maximum absolute atomic E-state index is 2.57. The Morgan fingerprint density at radius 3 is 1.69 bits per heavy atom. The molecule has 0 aliphatic rings. The highest BCUT2D eigenvalue weighted by molar-refractivity contribution is 7.16. The summed E-state index contributed by atoms with van der Waals surface area (Å²) in [6.45, 7) is 4.49. The van der Waals surface area contributed by atoms with Crippen molar-refractivity contribution in [2.45, 2.75) is 13.8 Å². The first-order chi connectivity index (χ1) is 28.6. The van der Waals surface area contributed by atoms with Crippen molar-refractivity contribution in [1.29, 1.82) is 0 Å². The lowest BCUT2D eigenvalue weighted by Crippen LogP contribution is -1.89. The summed E-state index contributed by atoms with van der Waals surface area (Å²) < 4.78 is 0. The smallest absolute Gasteiger partial charge is 0.0358 e. The molecule has 0 amide bonds. The normalized spacial score (nSPS) is 12.3. The van der Waals surface area contributed by atoms with Gasteiger partial charge in [-0.15, -0.1) is 22.7 Å². The Labute approximate surface area is 343 Å². The van der Waals surface area contributed by atoms with E-state index in [0.29, 0.717) is 0 Å². The molecular formula is C56H34S2. The van der Waals surface area contributed by atoms with Gasteiger partial charge in [-0.2, -0.15) is 0 Å². The van der Waals surface area contributed by atoms with Crippen LogP contribution in [0.5, 0.6) is 0 Å². The predicted molar refractivity (Wildman–Crippen MR) is 256 cm³/mol. The van der Waals surface area contributed by atoms with Crippen molar-refractivity contribution in [3.63, 3.8) is 0 Å². The van der Waals surface area contributed by atoms with Crippen LogP contribution in [0, 0.1) is 13.8 Å². The van der Waals surface area contributed by atoms with E-state index in [0.717, 1.165) is 0 Å². The molecule has 0 fully saturated rings. The average Bonchev–Trinajstić information content (AvgIpc) is 4.06. The molecule has 0 nitrogen and oxygen atoms in total. The van der Waals surface area contributed by atoms with Gasteiger partial charge >= 0.3 is 0 Å². The molecular weight excluding hydrogens is 737 g/mol. The molecule has 2 heterocycles. The third-order valence-electron chi connectivity index (χ3n) is 12.7. The second-order valence-electron chi connectivity index (χ2n) is 15.9. The molecule has 0 saturated heterocycles. The highest BCUT2D eigenvalue weighted by atomic mass is 32.1. The maximum Gasteiger partial charge on any atom is 0.0358 e. The number of benzene rings is 9. The van der Waals surface area contributed by atoms with Crippen molar-refractivity contribution >= 4 is 109 Å². The molecule has 0 aliphatic carbocycles. The Hall–Kier alpha value is -6.58. The number of hydrogen-bond acceptors (Lipinski definition) is 2.